The summed E-state index contributed by atoms with van der Waals surface area (Å²) in [6.07, 6.45) is 0. The fourth-order valence-electron chi connectivity index (χ4n) is 1.90. The maximum absolute atomic E-state index is 11.1. The van der Waals surface area contributed by atoms with E-state index in [9.17, 15) is 4.79 Å². The zero-order valence-corrected chi connectivity index (χ0v) is 12.6. The molecule has 0 saturated heterocycles. The molecule has 0 bridgehead atoms. The van der Waals surface area contributed by atoms with Crippen LogP contribution in [-0.4, -0.2) is 10.9 Å². The van der Waals surface area contributed by atoms with Crippen LogP contribution in [0.25, 0.3) is 10.6 Å². The van der Waals surface area contributed by atoms with Crippen molar-refractivity contribution in [3.8, 4) is 10.6 Å². The summed E-state index contributed by atoms with van der Waals surface area (Å²) in [6, 6.07) is 7.59. The Morgan fingerprint density at radius 1 is 1.37 bits per heavy atom. The molecular weight excluding hydrogens is 280 g/mol. The highest BCUT2D eigenvalue weighted by Crippen LogP contribution is 2.32. The third-order valence-corrected chi connectivity index (χ3v) is 4.38. The van der Waals surface area contributed by atoms with Crippen LogP contribution >= 0.6 is 22.9 Å². The van der Waals surface area contributed by atoms with Gasteiger partial charge < -0.3 is 5.32 Å². The monoisotopic (exact) mass is 294 g/mol. The molecule has 1 heterocycles. The minimum absolute atomic E-state index is 0.0175. The molecule has 1 N–H and O–H groups in total. The smallest absolute Gasteiger partial charge is 0.217 e. The molecule has 5 heteroatoms. The summed E-state index contributed by atoms with van der Waals surface area (Å²) in [5.41, 5.74) is 2.00. The minimum atomic E-state index is -0.0339. The van der Waals surface area contributed by atoms with E-state index in [2.05, 4.69) is 10.3 Å². The van der Waals surface area contributed by atoms with Gasteiger partial charge in [-0.3, -0.25) is 4.79 Å². The van der Waals surface area contributed by atoms with E-state index >= 15 is 0 Å². The van der Waals surface area contributed by atoms with E-state index in [0.29, 0.717) is 5.02 Å². The van der Waals surface area contributed by atoms with Gasteiger partial charge in [0.1, 0.15) is 5.01 Å². The number of halogens is 1. The number of hydrogen-bond donors (Lipinski definition) is 1. The van der Waals surface area contributed by atoms with Crippen molar-refractivity contribution in [2.75, 3.05) is 0 Å². The van der Waals surface area contributed by atoms with Crippen LogP contribution in [0.4, 0.5) is 0 Å². The molecule has 100 valence electrons. The number of aryl methyl sites for hydroxylation is 1. The first-order valence-corrected chi connectivity index (χ1v) is 7.17. The molecule has 0 spiro atoms. The maximum Gasteiger partial charge on any atom is 0.217 e. The van der Waals surface area contributed by atoms with Gasteiger partial charge in [0.15, 0.2) is 0 Å². The summed E-state index contributed by atoms with van der Waals surface area (Å²) >= 11 is 7.48. The molecule has 0 aliphatic rings. The lowest BCUT2D eigenvalue weighted by atomic mass is 10.2. The van der Waals surface area contributed by atoms with E-state index in [0.717, 1.165) is 21.1 Å². The van der Waals surface area contributed by atoms with E-state index in [1.165, 1.54) is 6.92 Å². The Morgan fingerprint density at radius 3 is 2.58 bits per heavy atom. The van der Waals surface area contributed by atoms with Gasteiger partial charge in [0.05, 0.1) is 16.6 Å². The first kappa shape index (κ1) is 14.0. The van der Waals surface area contributed by atoms with Crippen LogP contribution in [0.1, 0.15) is 30.5 Å². The predicted octanol–water partition coefficient (Wildman–Crippen LogP) is 3.97. The van der Waals surface area contributed by atoms with Gasteiger partial charge >= 0.3 is 0 Å². The number of aromatic nitrogens is 1. The number of amides is 1. The highest BCUT2D eigenvalue weighted by Gasteiger charge is 2.15. The fourth-order valence-corrected chi connectivity index (χ4v) is 3.10. The Labute approximate surface area is 121 Å². The second kappa shape index (κ2) is 5.72. The molecule has 1 aromatic heterocycles. The molecule has 1 amide bonds. The number of nitrogens with one attached hydrogen (secondary N) is 1. The summed E-state index contributed by atoms with van der Waals surface area (Å²) < 4.78 is 0. The fraction of sp³-hybridized carbons (Fsp3) is 0.286. The summed E-state index contributed by atoms with van der Waals surface area (Å²) in [5.74, 6) is -0.0339. The Kier molecular flexibility index (Phi) is 4.22. The summed E-state index contributed by atoms with van der Waals surface area (Å²) in [4.78, 5) is 16.8. The largest absolute Gasteiger partial charge is 0.349 e. The summed E-state index contributed by atoms with van der Waals surface area (Å²) in [5, 5.41) is 4.54. The van der Waals surface area contributed by atoms with E-state index in [1.54, 1.807) is 11.3 Å². The number of nitrogens with zero attached hydrogens (tertiary/aromatic N) is 1. The van der Waals surface area contributed by atoms with Gasteiger partial charge in [-0.2, -0.15) is 0 Å². The van der Waals surface area contributed by atoms with Crippen molar-refractivity contribution in [3.63, 3.8) is 0 Å². The molecule has 1 atom stereocenters. The zero-order chi connectivity index (χ0) is 14.0. The number of carbonyl (C=O) groups is 1. The van der Waals surface area contributed by atoms with Crippen molar-refractivity contribution < 1.29 is 4.79 Å². The lowest BCUT2D eigenvalue weighted by molar-refractivity contribution is -0.119. The average molecular weight is 295 g/mol. The first-order chi connectivity index (χ1) is 8.97. The number of rotatable bonds is 3. The van der Waals surface area contributed by atoms with E-state index in [-0.39, 0.29) is 11.9 Å². The van der Waals surface area contributed by atoms with Crippen LogP contribution in [0.5, 0.6) is 0 Å². The highest BCUT2D eigenvalue weighted by atomic mass is 35.5. The normalized spacial score (nSPS) is 12.2. The number of hydrogen-bond acceptors (Lipinski definition) is 3. The van der Waals surface area contributed by atoms with Gasteiger partial charge in [-0.15, -0.1) is 11.3 Å². The van der Waals surface area contributed by atoms with E-state index < -0.39 is 0 Å². The van der Waals surface area contributed by atoms with Crippen molar-refractivity contribution in [2.24, 2.45) is 0 Å². The van der Waals surface area contributed by atoms with Crippen molar-refractivity contribution in [2.45, 2.75) is 26.8 Å². The molecule has 2 aromatic rings. The Morgan fingerprint density at radius 2 is 2.00 bits per heavy atom. The van der Waals surface area contributed by atoms with Crippen molar-refractivity contribution in [1.29, 1.82) is 0 Å². The molecule has 19 heavy (non-hydrogen) atoms. The quantitative estimate of drug-likeness (QED) is 0.930. The van der Waals surface area contributed by atoms with Crippen LogP contribution in [0.15, 0.2) is 24.3 Å². The third kappa shape index (κ3) is 3.33. The first-order valence-electron chi connectivity index (χ1n) is 5.97. The molecule has 0 saturated carbocycles. The SMILES string of the molecule is CC(=O)NC(C)c1sc(-c2ccc(Cl)cc2)nc1C. The molecule has 2 rings (SSSR count). The van der Waals surface area contributed by atoms with E-state index in [1.807, 2.05) is 38.1 Å². The molecule has 0 aliphatic heterocycles. The summed E-state index contributed by atoms with van der Waals surface area (Å²) in [7, 11) is 0. The second-order valence-electron chi connectivity index (χ2n) is 4.40. The Balaban J connectivity index is 2.30. The molecular formula is C14H15ClN2OS. The van der Waals surface area contributed by atoms with Crippen molar-refractivity contribution in [1.82, 2.24) is 10.3 Å². The molecule has 1 unspecified atom stereocenters. The molecule has 0 fully saturated rings. The van der Waals surface area contributed by atoms with Crippen LogP contribution < -0.4 is 5.32 Å². The standard InChI is InChI=1S/C14H15ClN2OS/c1-8(16-10(3)18)13-9(2)17-14(19-13)11-4-6-12(15)7-5-11/h4-8H,1-3H3,(H,16,18). The zero-order valence-electron chi connectivity index (χ0n) is 11.0. The minimum Gasteiger partial charge on any atom is -0.349 e. The van der Waals surface area contributed by atoms with Crippen molar-refractivity contribution >= 4 is 28.8 Å². The van der Waals surface area contributed by atoms with Gasteiger partial charge in [-0.05, 0) is 26.0 Å². The Bertz CT molecular complexity index is 592. The lowest BCUT2D eigenvalue weighted by Gasteiger charge is -2.10. The topological polar surface area (TPSA) is 42.0 Å². The predicted molar refractivity (Wildman–Crippen MR) is 79.5 cm³/mol. The van der Waals surface area contributed by atoms with Crippen LogP contribution in [-0.2, 0) is 4.79 Å². The van der Waals surface area contributed by atoms with Crippen molar-refractivity contribution in [3.05, 3.63) is 39.9 Å². The van der Waals surface area contributed by atoms with E-state index in [4.69, 9.17) is 11.6 Å². The van der Waals surface area contributed by atoms with Gasteiger partial charge in [0.2, 0.25) is 5.91 Å². The molecule has 3 nitrogen and oxygen atoms in total. The second-order valence-corrected chi connectivity index (χ2v) is 5.86. The number of benzene rings is 1. The molecule has 1 aromatic carbocycles. The maximum atomic E-state index is 11.1. The summed E-state index contributed by atoms with van der Waals surface area (Å²) in [6.45, 7) is 5.45. The van der Waals surface area contributed by atoms with Gasteiger partial charge in [-0.1, -0.05) is 23.7 Å². The average Bonchev–Trinajstić information content (AvgIpc) is 2.71. The van der Waals surface area contributed by atoms with Crippen LogP contribution in [0.2, 0.25) is 5.02 Å². The molecule has 0 radical (unpaired) electrons. The van der Waals surface area contributed by atoms with Gasteiger partial charge in [-0.25, -0.2) is 4.98 Å². The van der Waals surface area contributed by atoms with Gasteiger partial charge in [0.25, 0.3) is 0 Å². The number of thiazole rings is 1. The molecule has 0 aliphatic carbocycles. The highest BCUT2D eigenvalue weighted by molar-refractivity contribution is 7.15. The van der Waals surface area contributed by atoms with Gasteiger partial charge in [0, 0.05) is 17.5 Å². The van der Waals surface area contributed by atoms with Crippen LogP contribution in [0, 0.1) is 6.92 Å². The third-order valence-electron chi connectivity index (χ3n) is 2.74. The lowest BCUT2D eigenvalue weighted by Crippen LogP contribution is -2.23. The Hall–Kier alpha value is -1.39. The number of carbonyl (C=O) groups excluding carboxylic acids is 1. The van der Waals surface area contributed by atoms with Crippen LogP contribution in [0.3, 0.4) is 0 Å².